The summed E-state index contributed by atoms with van der Waals surface area (Å²) in [6.07, 6.45) is 7.15. The van der Waals surface area contributed by atoms with E-state index in [1.54, 1.807) is 13.3 Å². The first-order valence-electron chi connectivity index (χ1n) is 11.1. The molecule has 0 saturated heterocycles. The van der Waals surface area contributed by atoms with E-state index in [1.165, 1.54) is 25.7 Å². The number of nitrogens with one attached hydrogen (secondary N) is 1. The van der Waals surface area contributed by atoms with Gasteiger partial charge in [0.1, 0.15) is 16.8 Å². The van der Waals surface area contributed by atoms with Gasteiger partial charge in [-0.1, -0.05) is 26.0 Å². The predicted molar refractivity (Wildman–Crippen MR) is 122 cm³/mol. The molecule has 0 atom stereocenters. The highest BCUT2D eigenvalue weighted by molar-refractivity contribution is 5.86. The van der Waals surface area contributed by atoms with Gasteiger partial charge in [0.25, 0.3) is 0 Å². The number of nitrogen functional groups attached to an aromatic ring is 1. The minimum atomic E-state index is -0.0228. The van der Waals surface area contributed by atoms with Crippen LogP contribution in [0.2, 0.25) is 0 Å². The quantitative estimate of drug-likeness (QED) is 0.531. The Morgan fingerprint density at radius 3 is 2.71 bits per heavy atom. The second-order valence-electron chi connectivity index (χ2n) is 8.43. The number of anilines is 2. The Morgan fingerprint density at radius 1 is 1.26 bits per heavy atom. The largest absolute Gasteiger partial charge is 0.496 e. The lowest BCUT2D eigenvalue weighted by Gasteiger charge is -2.36. The number of hydrogen-bond acceptors (Lipinski definition) is 7. The van der Waals surface area contributed by atoms with Gasteiger partial charge in [-0.15, -0.1) is 0 Å². The number of fused-ring (bicyclic) bond motifs is 1. The maximum Gasteiger partial charge on any atom is 0.222 e. The number of ether oxygens (including phenoxy) is 1. The molecule has 2 aliphatic carbocycles. The van der Waals surface area contributed by atoms with E-state index in [9.17, 15) is 5.11 Å². The summed E-state index contributed by atoms with van der Waals surface area (Å²) in [6, 6.07) is 5.69. The lowest BCUT2D eigenvalue weighted by atomic mass is 9.72. The van der Waals surface area contributed by atoms with Crippen LogP contribution in [0.25, 0.3) is 11.0 Å². The van der Waals surface area contributed by atoms with Gasteiger partial charge < -0.3 is 20.9 Å². The molecule has 8 heteroatoms. The van der Waals surface area contributed by atoms with Gasteiger partial charge >= 0.3 is 0 Å². The molecule has 2 heterocycles. The molecule has 31 heavy (non-hydrogen) atoms. The molecule has 0 aliphatic heterocycles. The monoisotopic (exact) mass is 424 g/mol. The van der Waals surface area contributed by atoms with Crippen LogP contribution < -0.4 is 15.8 Å². The summed E-state index contributed by atoms with van der Waals surface area (Å²) < 4.78 is 7.38. The van der Waals surface area contributed by atoms with Gasteiger partial charge in [0, 0.05) is 12.1 Å². The fourth-order valence-corrected chi connectivity index (χ4v) is 4.57. The van der Waals surface area contributed by atoms with E-state index in [1.807, 2.05) is 36.7 Å². The number of aromatic nitrogens is 4. The zero-order valence-electron chi connectivity index (χ0n) is 18.6. The highest BCUT2D eigenvalue weighted by atomic mass is 16.5. The van der Waals surface area contributed by atoms with E-state index < -0.39 is 0 Å². The van der Waals surface area contributed by atoms with Crippen LogP contribution in [0.3, 0.4) is 0 Å². The number of methoxy groups -OCH3 is 1. The summed E-state index contributed by atoms with van der Waals surface area (Å²) in [5.74, 6) is 2.39. The Hall–Kier alpha value is -2.87. The van der Waals surface area contributed by atoms with Crippen LogP contribution in [-0.2, 0) is 13.2 Å². The molecule has 1 spiro atoms. The van der Waals surface area contributed by atoms with E-state index in [-0.39, 0.29) is 12.6 Å². The second kappa shape index (κ2) is 8.70. The van der Waals surface area contributed by atoms with Crippen LogP contribution in [0.1, 0.15) is 50.7 Å². The molecule has 0 radical (unpaired) electrons. The number of nitrogens with zero attached hydrogens (tertiary/aromatic N) is 4. The average Bonchev–Trinajstić information content (AvgIpc) is 3.48. The molecule has 4 N–H and O–H groups in total. The number of aliphatic hydroxyl groups is 1. The summed E-state index contributed by atoms with van der Waals surface area (Å²) >= 11 is 0. The van der Waals surface area contributed by atoms with Gasteiger partial charge in [0.2, 0.25) is 5.95 Å². The predicted octanol–water partition coefficient (Wildman–Crippen LogP) is 3.59. The van der Waals surface area contributed by atoms with E-state index >= 15 is 0 Å². The molecule has 0 unspecified atom stereocenters. The van der Waals surface area contributed by atoms with Crippen LogP contribution in [-0.4, -0.2) is 38.5 Å². The number of benzene rings is 1. The van der Waals surface area contributed by atoms with Crippen LogP contribution in [0.15, 0.2) is 24.4 Å². The zero-order chi connectivity index (χ0) is 22.0. The number of rotatable bonds is 7. The van der Waals surface area contributed by atoms with Crippen LogP contribution >= 0.6 is 0 Å². The summed E-state index contributed by atoms with van der Waals surface area (Å²) in [5.41, 5.74) is 9.95. The van der Waals surface area contributed by atoms with Crippen molar-refractivity contribution >= 4 is 22.8 Å². The third-order valence-corrected chi connectivity index (χ3v) is 6.32. The van der Waals surface area contributed by atoms with Crippen molar-refractivity contribution in [1.29, 1.82) is 0 Å². The Labute approximate surface area is 182 Å². The zero-order valence-corrected chi connectivity index (χ0v) is 18.6. The first-order chi connectivity index (χ1) is 15.1. The average molecular weight is 425 g/mol. The van der Waals surface area contributed by atoms with Crippen molar-refractivity contribution in [3.8, 4) is 5.75 Å². The van der Waals surface area contributed by atoms with Crippen molar-refractivity contribution in [3.63, 3.8) is 0 Å². The normalized spacial score (nSPS) is 16.5. The minimum Gasteiger partial charge on any atom is -0.496 e. The van der Waals surface area contributed by atoms with Crippen molar-refractivity contribution in [1.82, 2.24) is 19.7 Å². The van der Waals surface area contributed by atoms with Crippen LogP contribution in [0.5, 0.6) is 5.75 Å². The maximum atomic E-state index is 9.36. The SMILES string of the molecule is CC.COc1cc(CO)ccc1Cn1ncc2nc(N)nc(NCC3CC4(CC4)C3)c21. The molecular formula is C23H32N6O2. The van der Waals surface area contributed by atoms with E-state index in [4.69, 9.17) is 10.5 Å². The maximum absolute atomic E-state index is 9.36. The standard InChI is InChI=1S/C21H26N6O2.C2H6/c1-29-17-6-13(12-28)2-3-15(17)11-27-18-16(10-24-27)25-20(22)26-19(18)23-9-14-7-21(8-14)4-5-21;1-2/h2-3,6,10,14,28H,4-5,7-9,11-12H2,1H3,(H3,22,23,25,26);1-2H3. The number of hydrogen-bond donors (Lipinski definition) is 3. The Kier molecular flexibility index (Phi) is 6.00. The molecule has 0 amide bonds. The summed E-state index contributed by atoms with van der Waals surface area (Å²) in [7, 11) is 1.63. The van der Waals surface area contributed by atoms with Gasteiger partial charge in [-0.3, -0.25) is 4.68 Å². The van der Waals surface area contributed by atoms with Crippen LogP contribution in [0, 0.1) is 11.3 Å². The van der Waals surface area contributed by atoms with Crippen molar-refractivity contribution in [2.75, 3.05) is 24.7 Å². The summed E-state index contributed by atoms with van der Waals surface area (Å²) in [6.45, 7) is 5.38. The fraction of sp³-hybridized carbons (Fsp3) is 0.522. The van der Waals surface area contributed by atoms with Crippen molar-refractivity contribution in [2.24, 2.45) is 11.3 Å². The third kappa shape index (κ3) is 4.30. The molecule has 0 bridgehead atoms. The van der Waals surface area contributed by atoms with Gasteiger partial charge in [0.05, 0.1) is 26.5 Å². The highest BCUT2D eigenvalue weighted by Crippen LogP contribution is 2.63. The van der Waals surface area contributed by atoms with Crippen molar-refractivity contribution < 1.29 is 9.84 Å². The Bertz CT molecular complexity index is 1050. The molecular weight excluding hydrogens is 392 g/mol. The molecule has 1 aromatic carbocycles. The van der Waals surface area contributed by atoms with E-state index in [0.29, 0.717) is 17.9 Å². The molecule has 2 saturated carbocycles. The van der Waals surface area contributed by atoms with Crippen LogP contribution in [0.4, 0.5) is 11.8 Å². The Morgan fingerprint density at radius 2 is 2.03 bits per heavy atom. The molecule has 166 valence electrons. The van der Waals surface area contributed by atoms with Gasteiger partial charge in [-0.05, 0) is 48.6 Å². The second-order valence-corrected chi connectivity index (χ2v) is 8.43. The van der Waals surface area contributed by atoms with Crippen molar-refractivity contribution in [2.45, 2.75) is 52.7 Å². The highest BCUT2D eigenvalue weighted by Gasteiger charge is 2.52. The number of aliphatic hydroxyl groups excluding tert-OH is 1. The summed E-state index contributed by atoms with van der Waals surface area (Å²) in [5, 5.41) is 17.4. The van der Waals surface area contributed by atoms with E-state index in [0.717, 1.165) is 40.3 Å². The molecule has 2 aromatic heterocycles. The number of nitrogens with two attached hydrogens (primary N) is 1. The topological polar surface area (TPSA) is 111 Å². The molecule has 8 nitrogen and oxygen atoms in total. The smallest absolute Gasteiger partial charge is 0.222 e. The first-order valence-corrected chi connectivity index (χ1v) is 11.1. The minimum absolute atomic E-state index is 0.0228. The molecule has 3 aromatic rings. The molecule has 2 aliphatic rings. The fourth-order valence-electron chi connectivity index (χ4n) is 4.57. The lowest BCUT2D eigenvalue weighted by Crippen LogP contribution is -2.31. The summed E-state index contributed by atoms with van der Waals surface area (Å²) in [4.78, 5) is 8.80. The molecule has 5 rings (SSSR count). The first kappa shape index (κ1) is 21.4. The third-order valence-electron chi connectivity index (χ3n) is 6.32. The van der Waals surface area contributed by atoms with Gasteiger partial charge in [-0.25, -0.2) is 4.98 Å². The van der Waals surface area contributed by atoms with Crippen molar-refractivity contribution in [3.05, 3.63) is 35.5 Å². The lowest BCUT2D eigenvalue weighted by molar-refractivity contribution is 0.180. The van der Waals surface area contributed by atoms with Gasteiger partial charge in [-0.2, -0.15) is 10.1 Å². The van der Waals surface area contributed by atoms with E-state index in [2.05, 4.69) is 20.4 Å². The van der Waals surface area contributed by atoms with Gasteiger partial charge in [0.15, 0.2) is 5.82 Å². The Balaban J connectivity index is 0.00000112. The molecule has 2 fully saturated rings.